The van der Waals surface area contributed by atoms with Crippen LogP contribution in [0.4, 0.5) is 0 Å². The fraction of sp³-hybridized carbons (Fsp3) is 1.00. The van der Waals surface area contributed by atoms with E-state index in [1.54, 1.807) is 0 Å². The largest absolute Gasteiger partial charge is 0.379 e. The third-order valence-corrected chi connectivity index (χ3v) is 3.74. The van der Waals surface area contributed by atoms with E-state index in [1.165, 1.54) is 52.0 Å². The van der Waals surface area contributed by atoms with E-state index < -0.39 is 0 Å². The number of hydrogen-bond acceptors (Lipinski definition) is 4. The van der Waals surface area contributed by atoms with E-state index in [1.807, 2.05) is 0 Å². The van der Waals surface area contributed by atoms with Crippen LogP contribution < -0.4 is 5.32 Å². The molecule has 4 heteroatoms. The minimum atomic E-state index is 0.912. The second-order valence-corrected chi connectivity index (χ2v) is 5.11. The molecule has 0 aromatic rings. The predicted molar refractivity (Wildman–Crippen MR) is 70.4 cm³/mol. The Balaban J connectivity index is 1.38. The Hall–Kier alpha value is -0.160. The second kappa shape index (κ2) is 8.03. The van der Waals surface area contributed by atoms with E-state index in [4.69, 9.17) is 4.74 Å². The van der Waals surface area contributed by atoms with Crippen LogP contribution in [0, 0.1) is 0 Å². The van der Waals surface area contributed by atoms with Crippen LogP contribution in [0.3, 0.4) is 0 Å². The first-order valence-electron chi connectivity index (χ1n) is 7.18. The molecule has 2 aliphatic rings. The predicted octanol–water partition coefficient (Wildman–Crippen LogP) is 0.394. The van der Waals surface area contributed by atoms with Crippen molar-refractivity contribution in [3.63, 3.8) is 0 Å². The smallest absolute Gasteiger partial charge is 0.0594 e. The molecule has 0 atom stereocenters. The van der Waals surface area contributed by atoms with Crippen molar-refractivity contribution in [1.29, 1.82) is 0 Å². The summed E-state index contributed by atoms with van der Waals surface area (Å²) in [5.41, 5.74) is 0. The Morgan fingerprint density at radius 1 is 0.824 bits per heavy atom. The second-order valence-electron chi connectivity index (χ2n) is 5.11. The van der Waals surface area contributed by atoms with E-state index >= 15 is 0 Å². The topological polar surface area (TPSA) is 27.7 Å². The minimum Gasteiger partial charge on any atom is -0.379 e. The van der Waals surface area contributed by atoms with Crippen molar-refractivity contribution < 1.29 is 4.74 Å². The number of rotatable bonds is 7. The van der Waals surface area contributed by atoms with Gasteiger partial charge in [-0.25, -0.2) is 0 Å². The zero-order valence-corrected chi connectivity index (χ0v) is 11.0. The van der Waals surface area contributed by atoms with Crippen molar-refractivity contribution >= 4 is 0 Å². The van der Waals surface area contributed by atoms with Crippen LogP contribution in [-0.4, -0.2) is 75.4 Å². The maximum atomic E-state index is 5.33. The summed E-state index contributed by atoms with van der Waals surface area (Å²) in [4.78, 5) is 5.07. The summed E-state index contributed by atoms with van der Waals surface area (Å²) in [6, 6.07) is 0. The fourth-order valence-electron chi connectivity index (χ4n) is 2.62. The molecule has 2 saturated heterocycles. The van der Waals surface area contributed by atoms with Gasteiger partial charge in [0.1, 0.15) is 0 Å². The molecule has 100 valence electrons. The highest BCUT2D eigenvalue weighted by molar-refractivity contribution is 4.67. The molecule has 0 spiro atoms. The number of ether oxygens (including phenoxy) is 1. The first-order valence-corrected chi connectivity index (χ1v) is 7.18. The first-order chi connectivity index (χ1) is 8.45. The summed E-state index contributed by atoms with van der Waals surface area (Å²) in [6.07, 6.45) is 4.11. The molecule has 2 heterocycles. The third-order valence-electron chi connectivity index (χ3n) is 3.74. The highest BCUT2D eigenvalue weighted by atomic mass is 16.5. The van der Waals surface area contributed by atoms with Crippen molar-refractivity contribution in [1.82, 2.24) is 15.1 Å². The van der Waals surface area contributed by atoms with Gasteiger partial charge in [0.05, 0.1) is 13.2 Å². The highest BCUT2D eigenvalue weighted by Gasteiger charge is 2.10. The molecule has 0 bridgehead atoms. The van der Waals surface area contributed by atoms with Crippen LogP contribution in [0.2, 0.25) is 0 Å². The number of nitrogens with zero attached hydrogens (tertiary/aromatic N) is 2. The fourth-order valence-corrected chi connectivity index (χ4v) is 2.62. The lowest BCUT2D eigenvalue weighted by molar-refractivity contribution is 0.0384. The zero-order valence-electron chi connectivity index (χ0n) is 11.0. The number of morpholine rings is 1. The highest BCUT2D eigenvalue weighted by Crippen LogP contribution is 2.06. The maximum Gasteiger partial charge on any atom is 0.0594 e. The zero-order chi connectivity index (χ0) is 11.8. The Bertz CT molecular complexity index is 189. The molecule has 0 aromatic carbocycles. The minimum absolute atomic E-state index is 0.912. The maximum absolute atomic E-state index is 5.33. The quantitative estimate of drug-likeness (QED) is 0.653. The van der Waals surface area contributed by atoms with E-state index in [9.17, 15) is 0 Å². The molecule has 17 heavy (non-hydrogen) atoms. The molecule has 0 unspecified atom stereocenters. The summed E-state index contributed by atoms with van der Waals surface area (Å²) in [5, 5.41) is 3.55. The lowest BCUT2D eigenvalue weighted by Crippen LogP contribution is -2.40. The van der Waals surface area contributed by atoms with E-state index in [2.05, 4.69) is 15.1 Å². The van der Waals surface area contributed by atoms with Gasteiger partial charge in [-0.15, -0.1) is 0 Å². The van der Waals surface area contributed by atoms with E-state index in [-0.39, 0.29) is 0 Å². The number of nitrogens with one attached hydrogen (secondary N) is 1. The van der Waals surface area contributed by atoms with Gasteiger partial charge in [0.25, 0.3) is 0 Å². The lowest BCUT2D eigenvalue weighted by Gasteiger charge is -2.26. The average molecular weight is 241 g/mol. The van der Waals surface area contributed by atoms with Crippen LogP contribution in [-0.2, 0) is 4.74 Å². The molecule has 2 aliphatic heterocycles. The van der Waals surface area contributed by atoms with Crippen molar-refractivity contribution in [2.45, 2.75) is 19.3 Å². The standard InChI is InChI=1S/C13H27N3O/c1-2-7-15(6-1)8-3-4-14-5-9-16-10-12-17-13-11-16/h14H,1-13H2. The molecule has 0 amide bonds. The number of likely N-dealkylation sites (tertiary alicyclic amines) is 1. The molecule has 0 saturated carbocycles. The van der Waals surface area contributed by atoms with Gasteiger partial charge in [0, 0.05) is 26.2 Å². The monoisotopic (exact) mass is 241 g/mol. The van der Waals surface area contributed by atoms with Crippen molar-refractivity contribution in [2.24, 2.45) is 0 Å². The molecule has 2 fully saturated rings. The molecule has 0 radical (unpaired) electrons. The normalized spacial score (nSPS) is 23.3. The Morgan fingerprint density at radius 3 is 2.29 bits per heavy atom. The molecule has 4 nitrogen and oxygen atoms in total. The Kier molecular flexibility index (Phi) is 6.27. The van der Waals surface area contributed by atoms with Crippen molar-refractivity contribution in [3.05, 3.63) is 0 Å². The first kappa shape index (κ1) is 13.3. The third kappa shape index (κ3) is 5.34. The summed E-state index contributed by atoms with van der Waals surface area (Å²) in [6.45, 7) is 11.4. The van der Waals surface area contributed by atoms with Gasteiger partial charge in [0.2, 0.25) is 0 Å². The van der Waals surface area contributed by atoms with Gasteiger partial charge in [-0.05, 0) is 45.4 Å². The van der Waals surface area contributed by atoms with Crippen LogP contribution in [0.25, 0.3) is 0 Å². The van der Waals surface area contributed by atoms with Gasteiger partial charge in [-0.2, -0.15) is 0 Å². The van der Waals surface area contributed by atoms with E-state index in [0.29, 0.717) is 0 Å². The van der Waals surface area contributed by atoms with Crippen LogP contribution in [0.5, 0.6) is 0 Å². The van der Waals surface area contributed by atoms with Crippen molar-refractivity contribution in [2.75, 3.05) is 65.6 Å². The Morgan fingerprint density at radius 2 is 1.53 bits per heavy atom. The average Bonchev–Trinajstić information content (AvgIpc) is 2.88. The van der Waals surface area contributed by atoms with E-state index in [0.717, 1.165) is 32.8 Å². The molecule has 2 rings (SSSR count). The number of hydrogen-bond donors (Lipinski definition) is 1. The van der Waals surface area contributed by atoms with Gasteiger partial charge in [-0.1, -0.05) is 0 Å². The lowest BCUT2D eigenvalue weighted by atomic mass is 10.3. The van der Waals surface area contributed by atoms with Gasteiger partial charge >= 0.3 is 0 Å². The molecule has 0 aromatic heterocycles. The summed E-state index contributed by atoms with van der Waals surface area (Å²) in [5.74, 6) is 0. The van der Waals surface area contributed by atoms with Crippen LogP contribution in [0.15, 0.2) is 0 Å². The van der Waals surface area contributed by atoms with Gasteiger partial charge < -0.3 is 15.0 Å². The van der Waals surface area contributed by atoms with Gasteiger partial charge in [0.15, 0.2) is 0 Å². The summed E-state index contributed by atoms with van der Waals surface area (Å²) in [7, 11) is 0. The molecular weight excluding hydrogens is 214 g/mol. The summed E-state index contributed by atoms with van der Waals surface area (Å²) < 4.78 is 5.33. The molecular formula is C13H27N3O. The molecule has 1 N–H and O–H groups in total. The molecule has 0 aliphatic carbocycles. The van der Waals surface area contributed by atoms with Crippen LogP contribution in [0.1, 0.15) is 19.3 Å². The SMILES string of the molecule is C1CCN(CCCNCCN2CCOCC2)C1. The Labute approximate surface area is 105 Å². The summed E-state index contributed by atoms with van der Waals surface area (Å²) >= 11 is 0. The van der Waals surface area contributed by atoms with Crippen LogP contribution >= 0.6 is 0 Å². The van der Waals surface area contributed by atoms with Gasteiger partial charge in [-0.3, -0.25) is 4.90 Å². The van der Waals surface area contributed by atoms with Crippen molar-refractivity contribution in [3.8, 4) is 0 Å².